The molecule has 3 heteroatoms. The third-order valence-electron chi connectivity index (χ3n) is 11.3. The number of aryl methyl sites for hydroxylation is 1. The van der Waals surface area contributed by atoms with Crippen LogP contribution in [0.3, 0.4) is 0 Å². The molecular weight excluding hydrogens is 591 g/mol. The lowest BCUT2D eigenvalue weighted by molar-refractivity contribution is 0.163. The predicted octanol–water partition coefficient (Wildman–Crippen LogP) is 11.3. The monoisotopic (exact) mass is 628 g/mol. The van der Waals surface area contributed by atoms with E-state index in [2.05, 4.69) is 120 Å². The second kappa shape index (κ2) is 9.70. The van der Waals surface area contributed by atoms with Crippen LogP contribution in [0.25, 0.3) is 39.1 Å². The molecule has 2 nitrogen and oxygen atoms in total. The van der Waals surface area contributed by atoms with Crippen LogP contribution < -0.4 is 9.47 Å². The van der Waals surface area contributed by atoms with E-state index in [1.807, 2.05) is 18.2 Å². The van der Waals surface area contributed by atoms with Gasteiger partial charge < -0.3 is 9.47 Å². The van der Waals surface area contributed by atoms with Crippen LogP contribution in [-0.4, -0.2) is 7.11 Å². The number of benzene rings is 6. The van der Waals surface area contributed by atoms with Crippen LogP contribution in [0.4, 0.5) is 4.39 Å². The topological polar surface area (TPSA) is 18.5 Å². The first-order valence-corrected chi connectivity index (χ1v) is 16.7. The lowest BCUT2D eigenvalue weighted by Crippen LogP contribution is -2.35. The maximum atomic E-state index is 15.3. The highest BCUT2D eigenvalue weighted by Gasteiger charge is 2.45. The lowest BCUT2D eigenvalue weighted by Gasteiger charge is -2.39. The molecule has 0 spiro atoms. The highest BCUT2D eigenvalue weighted by molar-refractivity contribution is 6.08. The van der Waals surface area contributed by atoms with E-state index in [1.54, 1.807) is 19.2 Å². The number of halogens is 1. The van der Waals surface area contributed by atoms with Crippen molar-refractivity contribution < 1.29 is 13.9 Å². The van der Waals surface area contributed by atoms with Crippen LogP contribution in [0.15, 0.2) is 109 Å². The summed E-state index contributed by atoms with van der Waals surface area (Å²) < 4.78 is 28.3. The molecule has 0 bridgehead atoms. The van der Waals surface area contributed by atoms with E-state index in [0.717, 1.165) is 33.2 Å². The van der Waals surface area contributed by atoms with Crippen LogP contribution in [0.5, 0.6) is 11.5 Å². The van der Waals surface area contributed by atoms with E-state index >= 15 is 4.39 Å². The van der Waals surface area contributed by atoms with Crippen LogP contribution in [-0.2, 0) is 16.4 Å². The average Bonchev–Trinajstić information content (AvgIpc) is 3.47. The zero-order valence-electron chi connectivity index (χ0n) is 28.2. The number of rotatable bonds is 3. The molecule has 0 N–H and O–H groups in total. The van der Waals surface area contributed by atoms with Crippen molar-refractivity contribution >= 4 is 16.8 Å². The van der Waals surface area contributed by atoms with E-state index in [9.17, 15) is 0 Å². The van der Waals surface area contributed by atoms with E-state index in [4.69, 9.17) is 9.47 Å². The second-order valence-corrected chi connectivity index (χ2v) is 14.7. The number of hydrogen-bond donors (Lipinski definition) is 0. The number of methoxy groups -OCH3 is 1. The summed E-state index contributed by atoms with van der Waals surface area (Å²) >= 11 is 0. The highest BCUT2D eigenvalue weighted by Crippen LogP contribution is 2.59. The fourth-order valence-corrected chi connectivity index (χ4v) is 8.82. The lowest BCUT2D eigenvalue weighted by atomic mass is 9.75. The minimum atomic E-state index is -0.973. The van der Waals surface area contributed by atoms with Gasteiger partial charge in [-0.15, -0.1) is 0 Å². The van der Waals surface area contributed by atoms with Crippen LogP contribution in [0.1, 0.15) is 72.2 Å². The van der Waals surface area contributed by atoms with Crippen LogP contribution >= 0.6 is 0 Å². The van der Waals surface area contributed by atoms with Gasteiger partial charge in [0.25, 0.3) is 0 Å². The first kappa shape index (κ1) is 29.0. The number of fused-ring (bicyclic) bond motifs is 11. The molecule has 236 valence electrons. The molecule has 1 aliphatic heterocycles. The Morgan fingerprint density at radius 3 is 2.15 bits per heavy atom. The summed E-state index contributed by atoms with van der Waals surface area (Å²) in [6.07, 6.45) is 4.45. The van der Waals surface area contributed by atoms with Gasteiger partial charge in [-0.1, -0.05) is 112 Å². The van der Waals surface area contributed by atoms with Crippen LogP contribution in [0, 0.1) is 12.7 Å². The molecular formula is C45H37FO2. The molecule has 6 aromatic carbocycles. The Morgan fingerprint density at radius 1 is 0.646 bits per heavy atom. The Labute approximate surface area is 281 Å². The second-order valence-electron chi connectivity index (χ2n) is 14.7. The third kappa shape index (κ3) is 3.73. The summed E-state index contributed by atoms with van der Waals surface area (Å²) in [6, 6.07) is 35.5. The average molecular weight is 629 g/mol. The molecule has 1 unspecified atom stereocenters. The predicted molar refractivity (Wildman–Crippen MR) is 194 cm³/mol. The van der Waals surface area contributed by atoms with Crippen molar-refractivity contribution in [3.05, 3.63) is 160 Å². The highest BCUT2D eigenvalue weighted by atomic mass is 19.1. The maximum absolute atomic E-state index is 15.3. The van der Waals surface area contributed by atoms with E-state index in [1.165, 1.54) is 50.1 Å². The van der Waals surface area contributed by atoms with Gasteiger partial charge in [0.15, 0.2) is 5.60 Å². The summed E-state index contributed by atoms with van der Waals surface area (Å²) in [6.45, 7) is 11.3. The summed E-state index contributed by atoms with van der Waals surface area (Å²) in [4.78, 5) is 0. The Morgan fingerprint density at radius 2 is 1.35 bits per heavy atom. The summed E-state index contributed by atoms with van der Waals surface area (Å²) in [5, 5.41) is 1.79. The van der Waals surface area contributed by atoms with Gasteiger partial charge in [0.1, 0.15) is 17.3 Å². The van der Waals surface area contributed by atoms with Crippen molar-refractivity contribution in [3.63, 3.8) is 0 Å². The molecule has 3 aliphatic rings. The fraction of sp³-hybridized carbons (Fsp3) is 0.200. The molecule has 0 aromatic heterocycles. The van der Waals surface area contributed by atoms with Gasteiger partial charge in [-0.25, -0.2) is 4.39 Å². The normalized spacial score (nSPS) is 18.8. The van der Waals surface area contributed by atoms with Crippen molar-refractivity contribution in [2.45, 2.75) is 51.0 Å². The van der Waals surface area contributed by atoms with Gasteiger partial charge in [0.05, 0.1) is 7.11 Å². The van der Waals surface area contributed by atoms with E-state index in [-0.39, 0.29) is 16.6 Å². The van der Waals surface area contributed by atoms with Crippen molar-refractivity contribution in [1.82, 2.24) is 0 Å². The molecule has 6 aromatic rings. The van der Waals surface area contributed by atoms with Crippen molar-refractivity contribution in [2.75, 3.05) is 7.11 Å². The fourth-order valence-electron chi connectivity index (χ4n) is 8.82. The van der Waals surface area contributed by atoms with Crippen molar-refractivity contribution in [1.29, 1.82) is 0 Å². The first-order chi connectivity index (χ1) is 23.0. The molecule has 0 fully saturated rings. The quantitative estimate of drug-likeness (QED) is 0.194. The summed E-state index contributed by atoms with van der Waals surface area (Å²) in [7, 11) is 1.68. The van der Waals surface area contributed by atoms with Gasteiger partial charge in [-0.3, -0.25) is 0 Å². The minimum Gasteiger partial charge on any atom is -0.497 e. The largest absolute Gasteiger partial charge is 0.497 e. The Balaban J connectivity index is 1.33. The van der Waals surface area contributed by atoms with Crippen molar-refractivity contribution in [2.24, 2.45) is 0 Å². The molecule has 0 radical (unpaired) electrons. The Hall–Kier alpha value is -5.15. The van der Waals surface area contributed by atoms with Crippen LogP contribution in [0.2, 0.25) is 0 Å². The molecule has 48 heavy (non-hydrogen) atoms. The SMILES string of the molecule is COc1ccc(C2(c3ccc4c(c3)C(C)(C)c3ccccc3-4)C=Cc3c4c(c5ccc(F)cc5c3O2)-c2ccc(C)cc2C4(C)C)cc1. The van der Waals surface area contributed by atoms with Crippen molar-refractivity contribution in [3.8, 4) is 33.8 Å². The number of hydrogen-bond acceptors (Lipinski definition) is 2. The third-order valence-corrected chi connectivity index (χ3v) is 11.3. The molecule has 0 saturated carbocycles. The van der Waals surface area contributed by atoms with Gasteiger partial charge in [0, 0.05) is 32.9 Å². The molecule has 1 atom stereocenters. The maximum Gasteiger partial charge on any atom is 0.178 e. The molecule has 2 aliphatic carbocycles. The van der Waals surface area contributed by atoms with Gasteiger partial charge in [0.2, 0.25) is 0 Å². The first-order valence-electron chi connectivity index (χ1n) is 16.7. The molecule has 0 saturated heterocycles. The number of ether oxygens (including phenoxy) is 2. The van der Waals surface area contributed by atoms with Gasteiger partial charge >= 0.3 is 0 Å². The standard InChI is InChI=1S/C45H37FO2/c1-26-11-18-34-38(23-26)44(4,5)41-35-21-22-45(27-12-16-30(47-6)17-13-27,48-42(35)36-25-29(46)15-20-33(36)40(34)41)28-14-19-32-31-9-7-8-10-37(31)43(2,3)39(32)24-28/h7-25H,1-6H3. The molecule has 1 heterocycles. The molecule has 0 amide bonds. The van der Waals surface area contributed by atoms with E-state index in [0.29, 0.717) is 5.75 Å². The zero-order chi connectivity index (χ0) is 33.2. The molecule has 9 rings (SSSR count). The van der Waals surface area contributed by atoms with Gasteiger partial charge in [-0.2, -0.15) is 0 Å². The Bertz CT molecular complexity index is 2380. The minimum absolute atomic E-state index is 0.177. The smallest absolute Gasteiger partial charge is 0.178 e. The zero-order valence-corrected chi connectivity index (χ0v) is 28.2. The van der Waals surface area contributed by atoms with Gasteiger partial charge in [-0.05, 0) is 93.2 Å². The summed E-state index contributed by atoms with van der Waals surface area (Å²) in [5.74, 6) is 1.21. The Kier molecular flexibility index (Phi) is 5.87. The summed E-state index contributed by atoms with van der Waals surface area (Å²) in [5.41, 5.74) is 12.8. The van der Waals surface area contributed by atoms with E-state index < -0.39 is 5.60 Å².